The van der Waals surface area contributed by atoms with E-state index in [1.54, 1.807) is 60.7 Å². The topological polar surface area (TPSA) is 58.6 Å². The van der Waals surface area contributed by atoms with E-state index >= 15 is 0 Å². The molecule has 3 aromatic rings. The van der Waals surface area contributed by atoms with E-state index in [0.717, 1.165) is 9.80 Å². The number of halogens is 2. The number of carbonyl (C=O) groups excluding carboxylic acids is 2. The van der Waals surface area contributed by atoms with E-state index in [0.29, 0.717) is 33.8 Å². The monoisotopic (exact) mass is 484 g/mol. The van der Waals surface area contributed by atoms with Crippen LogP contribution in [0.4, 0.5) is 11.4 Å². The van der Waals surface area contributed by atoms with Crippen molar-refractivity contribution in [1.29, 1.82) is 0 Å². The Morgan fingerprint density at radius 3 is 2.31 bits per heavy atom. The van der Waals surface area contributed by atoms with Gasteiger partial charge < -0.3 is 10.1 Å². The van der Waals surface area contributed by atoms with E-state index in [9.17, 15) is 9.59 Å². The fourth-order valence-electron chi connectivity index (χ4n) is 3.17. The number of ether oxygens (including phenoxy) is 1. The van der Waals surface area contributed by atoms with Gasteiger partial charge in [0.2, 0.25) is 0 Å². The summed E-state index contributed by atoms with van der Waals surface area (Å²) < 4.78 is 5.67. The standard InChI is InChI=1S/C24H18Cl2N2O3S/c1-2-31-20-10-6-4-8-18(20)27-21-22(32-16-13-11-15(25)12-14-16)24(30)28(23(21)29)19-9-5-3-7-17(19)26/h3-14,27H,2H2,1H3. The summed E-state index contributed by atoms with van der Waals surface area (Å²) in [6, 6.07) is 21.0. The van der Waals surface area contributed by atoms with Crippen LogP contribution >= 0.6 is 35.0 Å². The molecule has 2 amide bonds. The molecule has 162 valence electrons. The molecular formula is C24H18Cl2N2O3S. The molecule has 0 saturated heterocycles. The van der Waals surface area contributed by atoms with Gasteiger partial charge in [0.1, 0.15) is 16.4 Å². The van der Waals surface area contributed by atoms with Gasteiger partial charge in [0.15, 0.2) is 0 Å². The molecule has 0 atom stereocenters. The van der Waals surface area contributed by atoms with Gasteiger partial charge >= 0.3 is 0 Å². The maximum atomic E-state index is 13.4. The number of nitrogens with one attached hydrogen (secondary N) is 1. The Morgan fingerprint density at radius 2 is 1.59 bits per heavy atom. The molecule has 0 radical (unpaired) electrons. The van der Waals surface area contributed by atoms with E-state index < -0.39 is 11.8 Å². The Labute approximate surface area is 200 Å². The first-order valence-electron chi connectivity index (χ1n) is 9.79. The average Bonchev–Trinajstić information content (AvgIpc) is 3.01. The first kappa shape index (κ1) is 22.3. The molecule has 0 fully saturated rings. The van der Waals surface area contributed by atoms with Gasteiger partial charge in [0.05, 0.1) is 23.0 Å². The lowest BCUT2D eigenvalue weighted by atomic mass is 10.2. The molecule has 0 bridgehead atoms. The van der Waals surface area contributed by atoms with Crippen LogP contribution in [0.2, 0.25) is 10.0 Å². The number of carbonyl (C=O) groups is 2. The number of amides is 2. The largest absolute Gasteiger partial charge is 0.492 e. The van der Waals surface area contributed by atoms with E-state index in [4.69, 9.17) is 27.9 Å². The number of benzene rings is 3. The lowest BCUT2D eigenvalue weighted by Crippen LogP contribution is -2.32. The molecular weight excluding hydrogens is 467 g/mol. The van der Waals surface area contributed by atoms with Gasteiger partial charge in [0.25, 0.3) is 11.8 Å². The smallest absolute Gasteiger partial charge is 0.283 e. The Bertz CT molecular complexity index is 1210. The number of para-hydroxylation sites is 3. The van der Waals surface area contributed by atoms with Gasteiger partial charge in [-0.3, -0.25) is 9.59 Å². The van der Waals surface area contributed by atoms with Crippen molar-refractivity contribution in [2.75, 3.05) is 16.8 Å². The number of rotatable bonds is 7. The van der Waals surface area contributed by atoms with Crippen molar-refractivity contribution >= 4 is 58.2 Å². The van der Waals surface area contributed by atoms with Gasteiger partial charge in [-0.05, 0) is 55.5 Å². The van der Waals surface area contributed by atoms with Gasteiger partial charge in [-0.1, -0.05) is 59.2 Å². The zero-order valence-corrected chi connectivity index (χ0v) is 19.3. The number of thioether (sulfide) groups is 1. The first-order chi connectivity index (χ1) is 15.5. The molecule has 0 saturated carbocycles. The van der Waals surface area contributed by atoms with E-state index in [-0.39, 0.29) is 10.6 Å². The van der Waals surface area contributed by atoms with Crippen LogP contribution in [0.5, 0.6) is 5.75 Å². The molecule has 4 rings (SSSR count). The summed E-state index contributed by atoms with van der Waals surface area (Å²) in [5, 5.41) is 4.02. The number of hydrogen-bond donors (Lipinski definition) is 1. The highest BCUT2D eigenvalue weighted by Gasteiger charge is 2.41. The lowest BCUT2D eigenvalue weighted by molar-refractivity contribution is -0.120. The summed E-state index contributed by atoms with van der Waals surface area (Å²) in [6.45, 7) is 2.34. The molecule has 1 aliphatic rings. The van der Waals surface area contributed by atoms with Crippen LogP contribution in [0, 0.1) is 0 Å². The highest BCUT2D eigenvalue weighted by molar-refractivity contribution is 8.04. The summed E-state index contributed by atoms with van der Waals surface area (Å²) in [4.78, 5) is 29.0. The molecule has 8 heteroatoms. The third kappa shape index (κ3) is 4.48. The lowest BCUT2D eigenvalue weighted by Gasteiger charge is -2.17. The zero-order valence-electron chi connectivity index (χ0n) is 17.0. The summed E-state index contributed by atoms with van der Waals surface area (Å²) >= 11 is 13.5. The molecule has 1 N–H and O–H groups in total. The van der Waals surface area contributed by atoms with Crippen LogP contribution in [-0.2, 0) is 9.59 Å². The molecule has 0 aliphatic carbocycles. The summed E-state index contributed by atoms with van der Waals surface area (Å²) in [5.41, 5.74) is 1.07. The van der Waals surface area contributed by atoms with Crippen molar-refractivity contribution in [3.05, 3.63) is 93.4 Å². The second-order valence-corrected chi connectivity index (χ2v) is 8.64. The van der Waals surface area contributed by atoms with Crippen molar-refractivity contribution in [1.82, 2.24) is 0 Å². The van der Waals surface area contributed by atoms with Gasteiger partial charge in [-0.15, -0.1) is 0 Å². The third-order valence-electron chi connectivity index (χ3n) is 4.61. The van der Waals surface area contributed by atoms with Crippen LogP contribution in [0.3, 0.4) is 0 Å². The van der Waals surface area contributed by atoms with Crippen LogP contribution in [0.25, 0.3) is 0 Å². The fourth-order valence-corrected chi connectivity index (χ4v) is 4.45. The fraction of sp³-hybridized carbons (Fsp3) is 0.0833. The molecule has 0 unspecified atom stereocenters. The summed E-state index contributed by atoms with van der Waals surface area (Å²) in [6.07, 6.45) is 0. The van der Waals surface area contributed by atoms with Gasteiger partial charge in [-0.2, -0.15) is 0 Å². The Kier molecular flexibility index (Phi) is 6.74. The predicted octanol–water partition coefficient (Wildman–Crippen LogP) is 6.38. The minimum absolute atomic E-state index is 0.155. The molecule has 32 heavy (non-hydrogen) atoms. The second-order valence-electron chi connectivity index (χ2n) is 6.71. The Morgan fingerprint density at radius 1 is 0.906 bits per heavy atom. The second kappa shape index (κ2) is 9.69. The predicted molar refractivity (Wildman–Crippen MR) is 130 cm³/mol. The van der Waals surface area contributed by atoms with Crippen LogP contribution in [-0.4, -0.2) is 18.4 Å². The first-order valence-corrected chi connectivity index (χ1v) is 11.4. The maximum absolute atomic E-state index is 13.4. The van der Waals surface area contributed by atoms with Crippen LogP contribution in [0.1, 0.15) is 6.92 Å². The molecule has 5 nitrogen and oxygen atoms in total. The minimum Gasteiger partial charge on any atom is -0.492 e. The number of hydrogen-bond acceptors (Lipinski definition) is 5. The van der Waals surface area contributed by atoms with Crippen molar-refractivity contribution in [3.63, 3.8) is 0 Å². The van der Waals surface area contributed by atoms with E-state index in [2.05, 4.69) is 5.32 Å². The van der Waals surface area contributed by atoms with Gasteiger partial charge in [-0.25, -0.2) is 4.90 Å². The minimum atomic E-state index is -0.495. The third-order valence-corrected chi connectivity index (χ3v) is 6.28. The number of imide groups is 1. The van der Waals surface area contributed by atoms with Crippen LogP contribution < -0.4 is 15.0 Å². The Hall–Kier alpha value is -2.93. The normalized spacial score (nSPS) is 13.7. The van der Waals surface area contributed by atoms with Crippen molar-refractivity contribution in [2.24, 2.45) is 0 Å². The molecule has 3 aromatic carbocycles. The molecule has 1 heterocycles. The van der Waals surface area contributed by atoms with Crippen molar-refractivity contribution < 1.29 is 14.3 Å². The Balaban J connectivity index is 1.77. The maximum Gasteiger partial charge on any atom is 0.283 e. The van der Waals surface area contributed by atoms with E-state index in [1.807, 2.05) is 19.1 Å². The molecule has 1 aliphatic heterocycles. The average molecular weight is 485 g/mol. The quantitative estimate of drug-likeness (QED) is 0.394. The molecule has 0 spiro atoms. The molecule has 0 aromatic heterocycles. The summed E-state index contributed by atoms with van der Waals surface area (Å²) in [5.74, 6) is -0.375. The van der Waals surface area contributed by atoms with Crippen LogP contribution in [0.15, 0.2) is 88.3 Å². The van der Waals surface area contributed by atoms with Gasteiger partial charge in [0, 0.05) is 9.92 Å². The zero-order chi connectivity index (χ0) is 22.7. The number of nitrogens with zero attached hydrogens (tertiary/aromatic N) is 1. The van der Waals surface area contributed by atoms with E-state index in [1.165, 1.54) is 11.8 Å². The highest BCUT2D eigenvalue weighted by Crippen LogP contribution is 2.40. The van der Waals surface area contributed by atoms with Crippen molar-refractivity contribution in [2.45, 2.75) is 11.8 Å². The highest BCUT2D eigenvalue weighted by atomic mass is 35.5. The van der Waals surface area contributed by atoms with Crippen molar-refractivity contribution in [3.8, 4) is 5.75 Å². The number of anilines is 2. The SMILES string of the molecule is CCOc1ccccc1NC1=C(Sc2ccc(Cl)cc2)C(=O)N(c2ccccc2Cl)C1=O. The summed E-state index contributed by atoms with van der Waals surface area (Å²) in [7, 11) is 0.